The van der Waals surface area contributed by atoms with Crippen LogP contribution in [-0.2, 0) is 0 Å². The number of nitrogens with zero attached hydrogens (tertiary/aromatic N) is 1. The summed E-state index contributed by atoms with van der Waals surface area (Å²) in [6, 6.07) is 13.0. The molecule has 2 rings (SSSR count). The number of hydrogen-bond donors (Lipinski definition) is 2. The first kappa shape index (κ1) is 13.3. The van der Waals surface area contributed by atoms with E-state index in [-0.39, 0.29) is 17.5 Å². The molecule has 0 aliphatic rings. The molecule has 0 radical (unpaired) electrons. The highest BCUT2D eigenvalue weighted by atomic mass is 16.3. The molecule has 0 bridgehead atoms. The summed E-state index contributed by atoms with van der Waals surface area (Å²) >= 11 is 0. The second kappa shape index (κ2) is 5.22. The van der Waals surface area contributed by atoms with E-state index in [1.54, 1.807) is 12.1 Å². The van der Waals surface area contributed by atoms with Crippen molar-refractivity contribution in [3.8, 4) is 11.5 Å². The summed E-state index contributed by atoms with van der Waals surface area (Å²) in [5.74, 6) is 0.165. The predicted octanol–water partition coefficient (Wildman–Crippen LogP) is 3.60. The number of rotatable bonds is 3. The molecule has 0 saturated carbocycles. The van der Waals surface area contributed by atoms with E-state index in [0.717, 1.165) is 11.3 Å². The Kier molecular flexibility index (Phi) is 3.65. The van der Waals surface area contributed by atoms with Gasteiger partial charge in [-0.2, -0.15) is 0 Å². The quantitative estimate of drug-likeness (QED) is 0.883. The third kappa shape index (κ3) is 2.99. The van der Waals surface area contributed by atoms with Gasteiger partial charge in [0.1, 0.15) is 11.5 Å². The highest BCUT2D eigenvalue weighted by Crippen LogP contribution is 2.30. The smallest absolute Gasteiger partial charge is 0.119 e. The first-order valence-corrected chi connectivity index (χ1v) is 6.30. The lowest BCUT2D eigenvalue weighted by Crippen LogP contribution is -2.21. The number of aromatic hydroxyl groups is 2. The van der Waals surface area contributed by atoms with Crippen molar-refractivity contribution in [1.29, 1.82) is 0 Å². The normalized spacial score (nSPS) is 12.2. The minimum absolute atomic E-state index is 0.0562. The number of phenolic OH excluding ortho intramolecular Hbond substituents is 2. The van der Waals surface area contributed by atoms with Gasteiger partial charge in [-0.15, -0.1) is 0 Å². The molecular formula is C16H19NO2. The van der Waals surface area contributed by atoms with E-state index in [9.17, 15) is 10.2 Å². The summed E-state index contributed by atoms with van der Waals surface area (Å²) in [5, 5.41) is 19.1. The lowest BCUT2D eigenvalue weighted by molar-refractivity contribution is 0.448. The van der Waals surface area contributed by atoms with Gasteiger partial charge in [0.25, 0.3) is 0 Å². The van der Waals surface area contributed by atoms with Gasteiger partial charge in [-0.25, -0.2) is 0 Å². The molecule has 0 spiro atoms. The fourth-order valence-corrected chi connectivity index (χ4v) is 2.09. The molecule has 100 valence electrons. The minimum Gasteiger partial charge on any atom is -0.508 e. The molecule has 0 amide bonds. The fraction of sp³-hybridized carbons (Fsp3) is 0.250. The van der Waals surface area contributed by atoms with Crippen molar-refractivity contribution < 1.29 is 10.2 Å². The van der Waals surface area contributed by atoms with Gasteiger partial charge >= 0.3 is 0 Å². The van der Waals surface area contributed by atoms with Gasteiger partial charge in [-0.3, -0.25) is 0 Å². The third-order valence-electron chi connectivity index (χ3n) is 3.43. The van der Waals surface area contributed by atoms with E-state index in [2.05, 4.69) is 36.1 Å². The zero-order chi connectivity index (χ0) is 14.0. The Morgan fingerprint density at radius 2 is 1.47 bits per heavy atom. The maximum Gasteiger partial charge on any atom is 0.119 e. The van der Waals surface area contributed by atoms with Crippen LogP contribution in [0.5, 0.6) is 11.5 Å². The third-order valence-corrected chi connectivity index (χ3v) is 3.43. The SMILES string of the molecule is Cc1ccc(N(C)C(C)c2cc(O)cc(O)c2)cc1. The molecule has 0 aromatic heterocycles. The van der Waals surface area contributed by atoms with Gasteiger partial charge in [0.15, 0.2) is 0 Å². The molecule has 1 atom stereocenters. The zero-order valence-electron chi connectivity index (χ0n) is 11.5. The second-order valence-electron chi connectivity index (χ2n) is 4.91. The Bertz CT molecular complexity index is 543. The maximum atomic E-state index is 9.55. The van der Waals surface area contributed by atoms with Crippen molar-refractivity contribution in [2.45, 2.75) is 19.9 Å². The number of phenols is 2. The molecule has 0 fully saturated rings. The zero-order valence-corrected chi connectivity index (χ0v) is 11.5. The van der Waals surface area contributed by atoms with Crippen molar-refractivity contribution in [2.75, 3.05) is 11.9 Å². The van der Waals surface area contributed by atoms with E-state index in [1.807, 2.05) is 14.0 Å². The summed E-state index contributed by atoms with van der Waals surface area (Å²) in [7, 11) is 2.00. The molecule has 0 aliphatic heterocycles. The van der Waals surface area contributed by atoms with Crippen LogP contribution < -0.4 is 4.90 Å². The highest BCUT2D eigenvalue weighted by Gasteiger charge is 2.13. The van der Waals surface area contributed by atoms with Crippen LogP contribution in [0.4, 0.5) is 5.69 Å². The van der Waals surface area contributed by atoms with Crippen LogP contribution in [-0.4, -0.2) is 17.3 Å². The summed E-state index contributed by atoms with van der Waals surface area (Å²) in [4.78, 5) is 2.10. The van der Waals surface area contributed by atoms with Crippen LogP contribution in [0.25, 0.3) is 0 Å². The van der Waals surface area contributed by atoms with E-state index in [4.69, 9.17) is 0 Å². The van der Waals surface area contributed by atoms with Crippen molar-refractivity contribution in [1.82, 2.24) is 0 Å². The summed E-state index contributed by atoms with van der Waals surface area (Å²) < 4.78 is 0. The Morgan fingerprint density at radius 3 is 2.00 bits per heavy atom. The summed E-state index contributed by atoms with van der Waals surface area (Å²) in [6.45, 7) is 4.09. The number of anilines is 1. The van der Waals surface area contributed by atoms with Gasteiger partial charge in [0, 0.05) is 18.8 Å². The molecule has 19 heavy (non-hydrogen) atoms. The molecule has 1 unspecified atom stereocenters. The van der Waals surface area contributed by atoms with Gasteiger partial charge < -0.3 is 15.1 Å². The standard InChI is InChI=1S/C16H19NO2/c1-11-4-6-14(7-5-11)17(3)12(2)13-8-15(18)10-16(19)9-13/h4-10,12,18-19H,1-3H3. The van der Waals surface area contributed by atoms with Gasteiger partial charge in [-0.05, 0) is 43.7 Å². The Hall–Kier alpha value is -2.16. The van der Waals surface area contributed by atoms with Gasteiger partial charge in [0.2, 0.25) is 0 Å². The molecule has 3 heteroatoms. The van der Waals surface area contributed by atoms with Gasteiger partial charge in [-0.1, -0.05) is 17.7 Å². The minimum atomic E-state index is 0.0562. The first-order valence-electron chi connectivity index (χ1n) is 6.30. The lowest BCUT2D eigenvalue weighted by Gasteiger charge is -2.27. The Morgan fingerprint density at radius 1 is 0.947 bits per heavy atom. The monoisotopic (exact) mass is 257 g/mol. The molecular weight excluding hydrogens is 238 g/mol. The van der Waals surface area contributed by atoms with Crippen LogP contribution in [0.2, 0.25) is 0 Å². The van der Waals surface area contributed by atoms with E-state index < -0.39 is 0 Å². The van der Waals surface area contributed by atoms with Crippen molar-refractivity contribution >= 4 is 5.69 Å². The van der Waals surface area contributed by atoms with Crippen molar-refractivity contribution in [3.05, 3.63) is 53.6 Å². The number of hydrogen-bond acceptors (Lipinski definition) is 3. The van der Waals surface area contributed by atoms with Gasteiger partial charge in [0.05, 0.1) is 6.04 Å². The largest absolute Gasteiger partial charge is 0.508 e. The van der Waals surface area contributed by atoms with E-state index in [0.29, 0.717) is 0 Å². The maximum absolute atomic E-state index is 9.55. The fourth-order valence-electron chi connectivity index (χ4n) is 2.09. The van der Waals surface area contributed by atoms with Crippen LogP contribution in [0.15, 0.2) is 42.5 Å². The molecule has 0 saturated heterocycles. The van der Waals surface area contributed by atoms with Crippen LogP contribution in [0.1, 0.15) is 24.1 Å². The topological polar surface area (TPSA) is 43.7 Å². The molecule has 2 aromatic rings. The number of benzene rings is 2. The summed E-state index contributed by atoms with van der Waals surface area (Å²) in [6.07, 6.45) is 0. The van der Waals surface area contributed by atoms with Crippen molar-refractivity contribution in [2.24, 2.45) is 0 Å². The Labute approximate surface area is 113 Å². The second-order valence-corrected chi connectivity index (χ2v) is 4.91. The van der Waals surface area contributed by atoms with Crippen LogP contribution in [0, 0.1) is 6.92 Å². The van der Waals surface area contributed by atoms with Crippen molar-refractivity contribution in [3.63, 3.8) is 0 Å². The number of aryl methyl sites for hydroxylation is 1. The molecule has 3 nitrogen and oxygen atoms in total. The average molecular weight is 257 g/mol. The summed E-state index contributed by atoms with van der Waals surface area (Å²) in [5.41, 5.74) is 3.20. The predicted molar refractivity (Wildman–Crippen MR) is 77.8 cm³/mol. The van der Waals surface area contributed by atoms with E-state index in [1.165, 1.54) is 11.6 Å². The molecule has 0 heterocycles. The lowest BCUT2D eigenvalue weighted by atomic mass is 10.1. The molecule has 2 aromatic carbocycles. The molecule has 2 N–H and O–H groups in total. The first-order chi connectivity index (χ1) is 8.97. The average Bonchev–Trinajstić information content (AvgIpc) is 2.37. The molecule has 0 aliphatic carbocycles. The van der Waals surface area contributed by atoms with E-state index >= 15 is 0 Å². The van der Waals surface area contributed by atoms with Crippen LogP contribution >= 0.6 is 0 Å². The highest BCUT2D eigenvalue weighted by molar-refractivity contribution is 5.50. The van der Waals surface area contributed by atoms with Crippen LogP contribution in [0.3, 0.4) is 0 Å². The Balaban J connectivity index is 2.27.